The number of nitrogens with zero attached hydrogens (tertiary/aromatic N) is 1. The van der Waals surface area contributed by atoms with E-state index in [1.54, 1.807) is 19.2 Å². The summed E-state index contributed by atoms with van der Waals surface area (Å²) in [5.74, 6) is -0.318. The number of benzene rings is 1. The zero-order valence-electron chi connectivity index (χ0n) is 10.7. The normalized spacial score (nSPS) is 19.5. The van der Waals surface area contributed by atoms with Crippen LogP contribution in [0.4, 0.5) is 10.1 Å². The van der Waals surface area contributed by atoms with Gasteiger partial charge in [0.25, 0.3) is 0 Å². The first-order valence-electron chi connectivity index (χ1n) is 6.10. The lowest BCUT2D eigenvalue weighted by atomic mass is 10.1. The predicted octanol–water partition coefficient (Wildman–Crippen LogP) is 2.84. The van der Waals surface area contributed by atoms with Gasteiger partial charge < -0.3 is 15.4 Å². The van der Waals surface area contributed by atoms with Crippen molar-refractivity contribution in [3.63, 3.8) is 0 Å². The molecule has 0 spiro atoms. The molecule has 1 aromatic carbocycles. The van der Waals surface area contributed by atoms with Gasteiger partial charge in [-0.3, -0.25) is 0 Å². The summed E-state index contributed by atoms with van der Waals surface area (Å²) in [5.41, 5.74) is 6.64. The summed E-state index contributed by atoms with van der Waals surface area (Å²) in [4.78, 5) is 2.19. The van der Waals surface area contributed by atoms with Crippen molar-refractivity contribution in [2.45, 2.75) is 18.9 Å². The number of halogens is 2. The Morgan fingerprint density at radius 3 is 2.95 bits per heavy atom. The molecule has 0 bridgehead atoms. The SMILES string of the molecule is COC1CCCN(c2ccc(C(N)=S)c(Br)c2F)C1. The molecular formula is C13H16BrFN2OS. The van der Waals surface area contributed by atoms with Gasteiger partial charge >= 0.3 is 0 Å². The number of hydrogen-bond acceptors (Lipinski definition) is 3. The van der Waals surface area contributed by atoms with Gasteiger partial charge in [0.2, 0.25) is 0 Å². The minimum absolute atomic E-state index is 0.155. The van der Waals surface area contributed by atoms with Gasteiger partial charge in [-0.25, -0.2) is 4.39 Å². The third-order valence-electron chi connectivity index (χ3n) is 3.38. The number of piperidine rings is 1. The van der Waals surface area contributed by atoms with Crippen molar-refractivity contribution < 1.29 is 9.13 Å². The number of methoxy groups -OCH3 is 1. The molecule has 0 saturated carbocycles. The fourth-order valence-electron chi connectivity index (χ4n) is 2.32. The van der Waals surface area contributed by atoms with Crippen molar-refractivity contribution in [1.82, 2.24) is 0 Å². The van der Waals surface area contributed by atoms with E-state index in [-0.39, 0.29) is 16.9 Å². The maximum atomic E-state index is 14.4. The molecule has 3 nitrogen and oxygen atoms in total. The van der Waals surface area contributed by atoms with E-state index in [0.29, 0.717) is 22.3 Å². The first kappa shape index (κ1) is 14.7. The average molecular weight is 347 g/mol. The monoisotopic (exact) mass is 346 g/mol. The van der Waals surface area contributed by atoms with Crippen LogP contribution in [0.2, 0.25) is 0 Å². The minimum atomic E-state index is -0.318. The highest BCUT2D eigenvalue weighted by atomic mass is 79.9. The minimum Gasteiger partial charge on any atom is -0.389 e. The maximum Gasteiger partial charge on any atom is 0.161 e. The maximum absolute atomic E-state index is 14.4. The summed E-state index contributed by atoms with van der Waals surface area (Å²) in [6.07, 6.45) is 2.16. The van der Waals surface area contributed by atoms with E-state index >= 15 is 0 Å². The number of thiocarbonyl (C=S) groups is 1. The highest BCUT2D eigenvalue weighted by Gasteiger charge is 2.23. The van der Waals surface area contributed by atoms with Gasteiger partial charge in [0.15, 0.2) is 5.82 Å². The fourth-order valence-corrected chi connectivity index (χ4v) is 3.17. The second kappa shape index (κ2) is 6.15. The smallest absolute Gasteiger partial charge is 0.161 e. The zero-order valence-corrected chi connectivity index (χ0v) is 13.1. The standard InChI is InChI=1S/C13H16BrFN2OS/c1-18-8-3-2-6-17(7-8)10-5-4-9(13(16)19)11(14)12(10)15/h4-5,8H,2-3,6-7H2,1H3,(H2,16,19). The van der Waals surface area contributed by atoms with Gasteiger partial charge in [0.1, 0.15) is 4.99 Å². The number of nitrogens with two attached hydrogens (primary N) is 1. The molecule has 1 saturated heterocycles. The number of hydrogen-bond donors (Lipinski definition) is 1. The third-order valence-corrected chi connectivity index (χ3v) is 4.37. The lowest BCUT2D eigenvalue weighted by Crippen LogP contribution is -2.39. The zero-order chi connectivity index (χ0) is 14.0. The Hall–Kier alpha value is -0.720. The van der Waals surface area contributed by atoms with Crippen LogP contribution in [0, 0.1) is 5.82 Å². The molecule has 19 heavy (non-hydrogen) atoms. The Morgan fingerprint density at radius 2 is 2.32 bits per heavy atom. The fraction of sp³-hybridized carbons (Fsp3) is 0.462. The largest absolute Gasteiger partial charge is 0.389 e. The van der Waals surface area contributed by atoms with Crippen LogP contribution in [0.15, 0.2) is 16.6 Å². The Balaban J connectivity index is 2.30. The van der Waals surface area contributed by atoms with Crippen LogP contribution in [-0.4, -0.2) is 31.3 Å². The molecule has 1 unspecified atom stereocenters. The van der Waals surface area contributed by atoms with Crippen molar-refractivity contribution >= 4 is 38.8 Å². The predicted molar refractivity (Wildman–Crippen MR) is 82.2 cm³/mol. The summed E-state index contributed by atoms with van der Waals surface area (Å²) in [5, 5.41) is 0. The Bertz CT molecular complexity index is 498. The molecule has 6 heteroatoms. The van der Waals surface area contributed by atoms with Gasteiger partial charge in [0.05, 0.1) is 16.3 Å². The highest BCUT2D eigenvalue weighted by Crippen LogP contribution is 2.31. The molecule has 1 aliphatic heterocycles. The van der Waals surface area contributed by atoms with Gasteiger partial charge in [-0.2, -0.15) is 0 Å². The Labute approximate surface area is 126 Å². The molecule has 0 aliphatic carbocycles. The molecule has 1 heterocycles. The van der Waals surface area contributed by atoms with Crippen molar-refractivity contribution in [2.24, 2.45) is 5.73 Å². The van der Waals surface area contributed by atoms with E-state index < -0.39 is 0 Å². The highest BCUT2D eigenvalue weighted by molar-refractivity contribution is 9.10. The molecule has 0 radical (unpaired) electrons. The van der Waals surface area contributed by atoms with E-state index in [0.717, 1.165) is 19.4 Å². The molecule has 2 N–H and O–H groups in total. The lowest BCUT2D eigenvalue weighted by molar-refractivity contribution is 0.0891. The van der Waals surface area contributed by atoms with E-state index in [9.17, 15) is 4.39 Å². The second-order valence-electron chi connectivity index (χ2n) is 4.57. The van der Waals surface area contributed by atoms with E-state index in [1.165, 1.54) is 0 Å². The Kier molecular flexibility index (Phi) is 4.76. The molecule has 2 rings (SSSR count). The molecule has 0 aromatic heterocycles. The van der Waals surface area contributed by atoms with Crippen molar-refractivity contribution in [3.8, 4) is 0 Å². The van der Waals surface area contributed by atoms with Crippen LogP contribution < -0.4 is 10.6 Å². The number of rotatable bonds is 3. The summed E-state index contributed by atoms with van der Waals surface area (Å²) < 4.78 is 20.1. The van der Waals surface area contributed by atoms with Gasteiger partial charge in [-0.1, -0.05) is 12.2 Å². The van der Waals surface area contributed by atoms with E-state index in [2.05, 4.69) is 15.9 Å². The van der Waals surface area contributed by atoms with Crippen LogP contribution in [0.1, 0.15) is 18.4 Å². The molecule has 0 amide bonds. The van der Waals surface area contributed by atoms with Gasteiger partial charge in [-0.05, 0) is 40.9 Å². The molecule has 1 fully saturated rings. The van der Waals surface area contributed by atoms with Crippen LogP contribution in [-0.2, 0) is 4.74 Å². The molecule has 1 atom stereocenters. The van der Waals surface area contributed by atoms with Crippen LogP contribution in [0.3, 0.4) is 0 Å². The number of ether oxygens (including phenoxy) is 1. The summed E-state index contributed by atoms with van der Waals surface area (Å²) in [6, 6.07) is 3.48. The van der Waals surface area contributed by atoms with Gasteiger partial charge in [0, 0.05) is 25.8 Å². The Morgan fingerprint density at radius 1 is 1.58 bits per heavy atom. The topological polar surface area (TPSA) is 38.5 Å². The summed E-state index contributed by atoms with van der Waals surface area (Å²) in [7, 11) is 1.69. The first-order valence-corrected chi connectivity index (χ1v) is 7.30. The van der Waals surface area contributed by atoms with Crippen molar-refractivity contribution in [2.75, 3.05) is 25.1 Å². The summed E-state index contributed by atoms with van der Waals surface area (Å²) in [6.45, 7) is 1.53. The van der Waals surface area contributed by atoms with Crippen molar-refractivity contribution in [3.05, 3.63) is 28.0 Å². The van der Waals surface area contributed by atoms with Crippen LogP contribution in [0.25, 0.3) is 0 Å². The average Bonchev–Trinajstić information content (AvgIpc) is 2.41. The van der Waals surface area contributed by atoms with E-state index in [1.807, 2.05) is 4.90 Å². The molecule has 1 aromatic rings. The number of anilines is 1. The van der Waals surface area contributed by atoms with E-state index in [4.69, 9.17) is 22.7 Å². The van der Waals surface area contributed by atoms with Crippen molar-refractivity contribution in [1.29, 1.82) is 0 Å². The second-order valence-corrected chi connectivity index (χ2v) is 5.80. The molecule has 1 aliphatic rings. The quantitative estimate of drug-likeness (QED) is 0.854. The van der Waals surface area contributed by atoms with Crippen LogP contribution in [0.5, 0.6) is 0 Å². The van der Waals surface area contributed by atoms with Crippen LogP contribution >= 0.6 is 28.1 Å². The van der Waals surface area contributed by atoms with Gasteiger partial charge in [-0.15, -0.1) is 0 Å². The molecule has 104 valence electrons. The first-order chi connectivity index (χ1) is 9.04. The summed E-state index contributed by atoms with van der Waals surface area (Å²) >= 11 is 8.12. The molecular weight excluding hydrogens is 331 g/mol. The third kappa shape index (κ3) is 3.07. The lowest BCUT2D eigenvalue weighted by Gasteiger charge is -2.34.